The van der Waals surface area contributed by atoms with Gasteiger partial charge in [-0.2, -0.15) is 0 Å². The van der Waals surface area contributed by atoms with Crippen LogP contribution in [0.25, 0.3) is 0 Å². The molecule has 0 aromatic rings. The van der Waals surface area contributed by atoms with Crippen LogP contribution in [0.2, 0.25) is 6.04 Å². The molecule has 0 aliphatic rings. The van der Waals surface area contributed by atoms with Crippen molar-refractivity contribution in [3.63, 3.8) is 0 Å². The van der Waals surface area contributed by atoms with Gasteiger partial charge in [-0.25, -0.2) is 0 Å². The Morgan fingerprint density at radius 3 is 2.20 bits per heavy atom. The summed E-state index contributed by atoms with van der Waals surface area (Å²) in [6, 6.07) is 1.43. The minimum Gasteiger partial charge on any atom is -0.0833 e. The van der Waals surface area contributed by atoms with E-state index in [4.69, 9.17) is 0 Å². The van der Waals surface area contributed by atoms with Gasteiger partial charge >= 0.3 is 0 Å². The smallest absolute Gasteiger partial charge is 0.00500 e. The predicted molar refractivity (Wildman–Crippen MR) is 38.2 cm³/mol. The summed E-state index contributed by atoms with van der Waals surface area (Å²) >= 11 is 2.44. The van der Waals surface area contributed by atoms with Crippen molar-refractivity contribution in [2.45, 2.75) is 16.9 Å². The number of halogens is 1. The van der Waals surface area contributed by atoms with Crippen molar-refractivity contribution in [1.29, 1.82) is 0 Å². The Morgan fingerprint density at radius 2 is 2.20 bits per heavy atom. The highest BCUT2D eigenvalue weighted by atomic mass is 127. The molecule has 1 unspecified atom stereocenters. The van der Waals surface area contributed by atoms with Crippen molar-refractivity contribution in [2.24, 2.45) is 0 Å². The molecule has 0 aliphatic heterocycles. The Morgan fingerprint density at radius 1 is 2.00 bits per heavy atom. The van der Waals surface area contributed by atoms with Gasteiger partial charge in [0.15, 0.2) is 0 Å². The molecule has 0 amide bonds. The van der Waals surface area contributed by atoms with Crippen molar-refractivity contribution in [1.82, 2.24) is 0 Å². The van der Waals surface area contributed by atoms with Crippen LogP contribution in [0.15, 0.2) is 0 Å². The minimum atomic E-state index is 0.916. The van der Waals surface area contributed by atoms with Gasteiger partial charge in [0.2, 0.25) is 0 Å². The molecule has 0 nitrogen and oxygen atoms in total. The summed E-state index contributed by atoms with van der Waals surface area (Å²) in [5.74, 6) is 0. The Balaban J connectivity index is 2.54. The van der Waals surface area contributed by atoms with Crippen LogP contribution in [0, 0.1) is 0 Å². The first-order valence-electron chi connectivity index (χ1n) is 1.91. The molecule has 32 valence electrons. The monoisotopic (exact) mass is 200 g/mol. The first-order valence-corrected chi connectivity index (χ1v) is 4.57. The van der Waals surface area contributed by atoms with E-state index in [-0.39, 0.29) is 0 Å². The van der Waals surface area contributed by atoms with E-state index in [1.54, 1.807) is 0 Å². The van der Waals surface area contributed by atoms with E-state index in [9.17, 15) is 0 Å². The van der Waals surface area contributed by atoms with E-state index < -0.39 is 0 Å². The van der Waals surface area contributed by atoms with Crippen LogP contribution < -0.4 is 0 Å². The minimum absolute atomic E-state index is 0.916. The Labute approximate surface area is 49.9 Å². The van der Waals surface area contributed by atoms with E-state index in [0.29, 0.717) is 0 Å². The van der Waals surface area contributed by atoms with E-state index >= 15 is 0 Å². The van der Waals surface area contributed by atoms with Gasteiger partial charge in [0.25, 0.3) is 0 Å². The number of hydrogen-bond acceptors (Lipinski definition) is 0. The molecule has 1 atom stereocenters. The van der Waals surface area contributed by atoms with E-state index in [0.717, 1.165) is 3.92 Å². The average Bonchev–Trinajstić information content (AvgIpc) is 1.38. The lowest BCUT2D eigenvalue weighted by molar-refractivity contribution is 1.16. The van der Waals surface area contributed by atoms with E-state index in [1.807, 2.05) is 0 Å². The standard InChI is InChI=1S/C3H9ISi/c1-3(4)2-5/h3H,2H2,1,5H3. The van der Waals surface area contributed by atoms with Crippen molar-refractivity contribution in [3.8, 4) is 0 Å². The van der Waals surface area contributed by atoms with Crippen LogP contribution >= 0.6 is 22.6 Å². The van der Waals surface area contributed by atoms with Crippen LogP contribution in [-0.4, -0.2) is 14.2 Å². The molecule has 0 aliphatic carbocycles. The summed E-state index contributed by atoms with van der Waals surface area (Å²) in [4.78, 5) is 0. The highest BCUT2D eigenvalue weighted by Crippen LogP contribution is 1.99. The molecule has 0 aromatic carbocycles. The molecule has 0 heterocycles. The van der Waals surface area contributed by atoms with Gasteiger partial charge in [0.05, 0.1) is 0 Å². The average molecular weight is 200 g/mol. The fourth-order valence-corrected chi connectivity index (χ4v) is 0. The molecular formula is C3H9ISi. The Kier molecular flexibility index (Phi) is 3.75. The summed E-state index contributed by atoms with van der Waals surface area (Å²) in [5, 5.41) is 0. The van der Waals surface area contributed by atoms with Crippen LogP contribution in [0.1, 0.15) is 6.92 Å². The highest BCUT2D eigenvalue weighted by Gasteiger charge is 1.82. The second-order valence-corrected chi connectivity index (χ2v) is 4.13. The van der Waals surface area contributed by atoms with Gasteiger partial charge in [0, 0.05) is 14.2 Å². The highest BCUT2D eigenvalue weighted by molar-refractivity contribution is 14.1. The normalized spacial score (nSPS) is 15.6. The third-order valence-electron chi connectivity index (χ3n) is 0.563. The molecule has 2 heteroatoms. The maximum absolute atomic E-state index is 2.44. The van der Waals surface area contributed by atoms with Crippen LogP contribution in [0.4, 0.5) is 0 Å². The molecular weight excluding hydrogens is 191 g/mol. The molecule has 0 bridgehead atoms. The van der Waals surface area contributed by atoms with Gasteiger partial charge < -0.3 is 0 Å². The summed E-state index contributed by atoms with van der Waals surface area (Å²) in [5.41, 5.74) is 0. The molecule has 0 aromatic heterocycles. The zero-order valence-corrected chi connectivity index (χ0v) is 7.82. The fourth-order valence-electron chi connectivity index (χ4n) is 0. The maximum atomic E-state index is 2.44. The van der Waals surface area contributed by atoms with Crippen LogP contribution in [-0.2, 0) is 0 Å². The fraction of sp³-hybridized carbons (Fsp3) is 1.00. The van der Waals surface area contributed by atoms with Gasteiger partial charge in [0.1, 0.15) is 0 Å². The SMILES string of the molecule is CC(I)C[SiH3]. The van der Waals surface area contributed by atoms with Crippen molar-refractivity contribution in [3.05, 3.63) is 0 Å². The van der Waals surface area contributed by atoms with E-state index in [2.05, 4.69) is 29.5 Å². The molecule has 0 radical (unpaired) electrons. The summed E-state index contributed by atoms with van der Waals surface area (Å²) < 4.78 is 0.916. The maximum Gasteiger partial charge on any atom is 0.00500 e. The zero-order valence-electron chi connectivity index (χ0n) is 3.66. The number of hydrogen-bond donors (Lipinski definition) is 0. The third kappa shape index (κ3) is 4.95. The zero-order chi connectivity index (χ0) is 4.28. The molecule has 5 heavy (non-hydrogen) atoms. The summed E-state index contributed by atoms with van der Waals surface area (Å²) in [6.07, 6.45) is 0. The van der Waals surface area contributed by atoms with E-state index in [1.165, 1.54) is 16.3 Å². The molecule has 0 N–H and O–H groups in total. The summed E-state index contributed by atoms with van der Waals surface area (Å²) in [6.45, 7) is 2.24. The summed E-state index contributed by atoms with van der Waals surface area (Å²) in [7, 11) is 1.37. The van der Waals surface area contributed by atoms with Crippen molar-refractivity contribution in [2.75, 3.05) is 0 Å². The first-order chi connectivity index (χ1) is 2.27. The van der Waals surface area contributed by atoms with Crippen LogP contribution in [0.3, 0.4) is 0 Å². The van der Waals surface area contributed by atoms with Crippen molar-refractivity contribution >= 4 is 32.8 Å². The number of rotatable bonds is 1. The number of alkyl halides is 1. The van der Waals surface area contributed by atoms with Crippen LogP contribution in [0.5, 0.6) is 0 Å². The second-order valence-electron chi connectivity index (χ2n) is 1.19. The Hall–Kier alpha value is 0.947. The molecule has 0 rings (SSSR count). The van der Waals surface area contributed by atoms with Gasteiger partial charge in [-0.05, 0) is 0 Å². The topological polar surface area (TPSA) is 0 Å². The van der Waals surface area contributed by atoms with Gasteiger partial charge in [-0.1, -0.05) is 35.6 Å². The van der Waals surface area contributed by atoms with Gasteiger partial charge in [-0.3, -0.25) is 0 Å². The molecule has 0 spiro atoms. The molecule has 0 fully saturated rings. The van der Waals surface area contributed by atoms with Gasteiger partial charge in [-0.15, -0.1) is 0 Å². The Bertz CT molecular complexity index is 20.9. The largest absolute Gasteiger partial charge is 0.0833 e. The lowest BCUT2D eigenvalue weighted by Crippen LogP contribution is -1.82. The third-order valence-corrected chi connectivity index (χ3v) is 4.33. The lowest BCUT2D eigenvalue weighted by Gasteiger charge is -1.88. The molecule has 0 saturated carbocycles. The second kappa shape index (κ2) is 3.15. The predicted octanol–water partition coefficient (Wildman–Crippen LogP) is 0.594. The quantitative estimate of drug-likeness (QED) is 0.330. The molecule has 0 saturated heterocycles. The van der Waals surface area contributed by atoms with Crippen molar-refractivity contribution < 1.29 is 0 Å². The first kappa shape index (κ1) is 5.95. The lowest BCUT2D eigenvalue weighted by atomic mass is 10.6.